The molecule has 0 bridgehead atoms. The SMILES string of the molecule is NC(=O)OCCC[C@H](CCCl)C1CCCC(=O)C1. The van der Waals surface area contributed by atoms with Crippen LogP contribution in [0.15, 0.2) is 0 Å². The molecule has 104 valence electrons. The topological polar surface area (TPSA) is 69.4 Å². The van der Waals surface area contributed by atoms with E-state index in [1.54, 1.807) is 0 Å². The molecule has 0 aromatic rings. The first-order valence-electron chi connectivity index (χ1n) is 6.63. The van der Waals surface area contributed by atoms with Gasteiger partial charge in [0.15, 0.2) is 0 Å². The number of primary amides is 1. The minimum Gasteiger partial charge on any atom is -0.450 e. The van der Waals surface area contributed by atoms with Gasteiger partial charge < -0.3 is 10.5 Å². The molecule has 1 unspecified atom stereocenters. The first kappa shape index (κ1) is 15.3. The molecule has 2 N–H and O–H groups in total. The highest BCUT2D eigenvalue weighted by molar-refractivity contribution is 6.17. The van der Waals surface area contributed by atoms with E-state index in [1.807, 2.05) is 0 Å². The van der Waals surface area contributed by atoms with Gasteiger partial charge in [0.25, 0.3) is 0 Å². The van der Waals surface area contributed by atoms with Crippen LogP contribution in [0.2, 0.25) is 0 Å². The first-order chi connectivity index (χ1) is 8.63. The van der Waals surface area contributed by atoms with Crippen LogP contribution in [0.1, 0.15) is 44.9 Å². The molecule has 1 saturated carbocycles. The van der Waals surface area contributed by atoms with Crippen LogP contribution in [0, 0.1) is 11.8 Å². The number of rotatable bonds is 7. The van der Waals surface area contributed by atoms with E-state index in [0.717, 1.165) is 38.5 Å². The van der Waals surface area contributed by atoms with Gasteiger partial charge in [0, 0.05) is 18.7 Å². The summed E-state index contributed by atoms with van der Waals surface area (Å²) < 4.78 is 4.72. The van der Waals surface area contributed by atoms with Gasteiger partial charge in [-0.3, -0.25) is 4.79 Å². The predicted octanol–water partition coefficient (Wildman–Crippen LogP) is 2.87. The Hall–Kier alpha value is -0.770. The number of carbonyl (C=O) groups excluding carboxylic acids is 2. The van der Waals surface area contributed by atoms with Crippen molar-refractivity contribution in [3.05, 3.63) is 0 Å². The van der Waals surface area contributed by atoms with E-state index < -0.39 is 6.09 Å². The Labute approximate surface area is 113 Å². The summed E-state index contributed by atoms with van der Waals surface area (Å²) in [6, 6.07) is 0. The molecule has 5 heteroatoms. The molecule has 0 heterocycles. The molecule has 0 radical (unpaired) electrons. The van der Waals surface area contributed by atoms with Crippen molar-refractivity contribution in [1.82, 2.24) is 0 Å². The van der Waals surface area contributed by atoms with Crippen molar-refractivity contribution < 1.29 is 14.3 Å². The summed E-state index contributed by atoms with van der Waals surface area (Å²) in [7, 11) is 0. The van der Waals surface area contributed by atoms with E-state index in [1.165, 1.54) is 0 Å². The third-order valence-electron chi connectivity index (χ3n) is 3.63. The Balaban J connectivity index is 2.33. The minimum atomic E-state index is -0.725. The van der Waals surface area contributed by atoms with E-state index in [2.05, 4.69) is 0 Å². The molecular weight excluding hydrogens is 254 g/mol. The maximum absolute atomic E-state index is 11.5. The van der Waals surface area contributed by atoms with Crippen molar-refractivity contribution in [2.24, 2.45) is 17.6 Å². The molecular formula is C13H22ClNO3. The average molecular weight is 276 g/mol. The molecule has 4 nitrogen and oxygen atoms in total. The minimum absolute atomic E-state index is 0.356. The number of carbonyl (C=O) groups is 2. The van der Waals surface area contributed by atoms with Crippen LogP contribution in [-0.2, 0) is 9.53 Å². The zero-order valence-electron chi connectivity index (χ0n) is 10.7. The summed E-state index contributed by atoms with van der Waals surface area (Å²) in [6.07, 6.45) is 5.47. The smallest absolute Gasteiger partial charge is 0.404 e. The number of amides is 1. The van der Waals surface area contributed by atoms with Crippen molar-refractivity contribution in [1.29, 1.82) is 0 Å². The second-order valence-electron chi connectivity index (χ2n) is 4.94. The summed E-state index contributed by atoms with van der Waals surface area (Å²) >= 11 is 5.82. The van der Waals surface area contributed by atoms with Crippen LogP contribution in [0.5, 0.6) is 0 Å². The van der Waals surface area contributed by atoms with E-state index in [0.29, 0.717) is 36.5 Å². The standard InChI is InChI=1S/C13H22ClNO3/c14-7-6-10(4-2-8-18-13(15)17)11-3-1-5-12(16)9-11/h10-11H,1-9H2,(H2,15,17)/t10-,11?/m1/s1. The fourth-order valence-electron chi connectivity index (χ4n) is 2.73. The molecule has 1 rings (SSSR count). The monoisotopic (exact) mass is 275 g/mol. The van der Waals surface area contributed by atoms with E-state index in [4.69, 9.17) is 22.1 Å². The fourth-order valence-corrected chi connectivity index (χ4v) is 3.01. The molecule has 0 aromatic heterocycles. The summed E-state index contributed by atoms with van der Waals surface area (Å²) in [4.78, 5) is 21.9. The van der Waals surface area contributed by atoms with Crippen LogP contribution in [0.25, 0.3) is 0 Å². The largest absolute Gasteiger partial charge is 0.450 e. The van der Waals surface area contributed by atoms with E-state index in [9.17, 15) is 9.59 Å². The van der Waals surface area contributed by atoms with Crippen LogP contribution in [-0.4, -0.2) is 24.4 Å². The Morgan fingerprint density at radius 1 is 1.50 bits per heavy atom. The van der Waals surface area contributed by atoms with Gasteiger partial charge in [-0.1, -0.05) is 0 Å². The van der Waals surface area contributed by atoms with Crippen LogP contribution < -0.4 is 5.73 Å². The molecule has 1 aliphatic rings. The van der Waals surface area contributed by atoms with Gasteiger partial charge in [0.1, 0.15) is 5.78 Å². The van der Waals surface area contributed by atoms with Gasteiger partial charge in [0.2, 0.25) is 0 Å². The van der Waals surface area contributed by atoms with E-state index >= 15 is 0 Å². The number of nitrogens with two attached hydrogens (primary N) is 1. The lowest BCUT2D eigenvalue weighted by atomic mass is 9.76. The van der Waals surface area contributed by atoms with Crippen molar-refractivity contribution in [3.8, 4) is 0 Å². The quantitative estimate of drug-likeness (QED) is 0.574. The molecule has 0 aliphatic heterocycles. The third-order valence-corrected chi connectivity index (χ3v) is 3.85. The zero-order valence-corrected chi connectivity index (χ0v) is 11.5. The summed E-state index contributed by atoms with van der Waals surface area (Å²) in [6.45, 7) is 0.356. The molecule has 0 spiro atoms. The lowest BCUT2D eigenvalue weighted by molar-refractivity contribution is -0.122. The molecule has 0 aromatic carbocycles. The van der Waals surface area contributed by atoms with Crippen molar-refractivity contribution in [3.63, 3.8) is 0 Å². The van der Waals surface area contributed by atoms with Crippen molar-refractivity contribution in [2.45, 2.75) is 44.9 Å². The Kier molecular flexibility index (Phi) is 7.09. The molecule has 1 amide bonds. The number of alkyl halides is 1. The number of hydrogen-bond acceptors (Lipinski definition) is 3. The van der Waals surface area contributed by atoms with Gasteiger partial charge in [-0.2, -0.15) is 0 Å². The van der Waals surface area contributed by atoms with Gasteiger partial charge in [-0.25, -0.2) is 4.79 Å². The Bertz CT molecular complexity index is 283. The first-order valence-corrected chi connectivity index (χ1v) is 7.16. The lowest BCUT2D eigenvalue weighted by Gasteiger charge is -2.29. The number of halogens is 1. The summed E-state index contributed by atoms with van der Waals surface area (Å²) in [5.41, 5.74) is 4.90. The number of Topliss-reactive ketones (excluding diaryl/α,β-unsaturated/α-hetero) is 1. The van der Waals surface area contributed by atoms with Crippen LogP contribution in [0.3, 0.4) is 0 Å². The molecule has 2 atom stereocenters. The summed E-state index contributed by atoms with van der Waals surface area (Å²) in [5.74, 6) is 1.91. The maximum atomic E-state index is 11.5. The number of hydrogen-bond donors (Lipinski definition) is 1. The third kappa shape index (κ3) is 5.71. The van der Waals surface area contributed by atoms with Gasteiger partial charge in [-0.15, -0.1) is 11.6 Å². The fraction of sp³-hybridized carbons (Fsp3) is 0.846. The molecule has 1 aliphatic carbocycles. The summed E-state index contributed by atoms with van der Waals surface area (Å²) in [5, 5.41) is 0. The van der Waals surface area contributed by atoms with Gasteiger partial charge >= 0.3 is 6.09 Å². The van der Waals surface area contributed by atoms with Crippen LogP contribution >= 0.6 is 11.6 Å². The highest BCUT2D eigenvalue weighted by Gasteiger charge is 2.26. The second kappa shape index (κ2) is 8.35. The molecule has 0 saturated heterocycles. The molecule has 18 heavy (non-hydrogen) atoms. The lowest BCUT2D eigenvalue weighted by Crippen LogP contribution is -2.24. The maximum Gasteiger partial charge on any atom is 0.404 e. The Morgan fingerprint density at radius 3 is 2.89 bits per heavy atom. The van der Waals surface area contributed by atoms with Crippen LogP contribution in [0.4, 0.5) is 4.79 Å². The molecule has 1 fully saturated rings. The highest BCUT2D eigenvalue weighted by Crippen LogP contribution is 2.33. The van der Waals surface area contributed by atoms with Gasteiger partial charge in [0.05, 0.1) is 6.61 Å². The second-order valence-corrected chi connectivity index (χ2v) is 5.32. The van der Waals surface area contributed by atoms with Crippen molar-refractivity contribution >= 4 is 23.5 Å². The van der Waals surface area contributed by atoms with Gasteiger partial charge in [-0.05, 0) is 43.9 Å². The normalized spacial score (nSPS) is 21.6. The predicted molar refractivity (Wildman–Crippen MR) is 70.6 cm³/mol. The average Bonchev–Trinajstić information content (AvgIpc) is 2.33. The Morgan fingerprint density at radius 2 is 2.28 bits per heavy atom. The zero-order chi connectivity index (χ0) is 13.4. The van der Waals surface area contributed by atoms with E-state index in [-0.39, 0.29) is 0 Å². The van der Waals surface area contributed by atoms with Crippen molar-refractivity contribution in [2.75, 3.05) is 12.5 Å². The number of ether oxygens (including phenoxy) is 1. The number of ketones is 1. The highest BCUT2D eigenvalue weighted by atomic mass is 35.5.